The average Bonchev–Trinajstić information content (AvgIpc) is 2.68. The zero-order valence-electron chi connectivity index (χ0n) is 12.3. The van der Waals surface area contributed by atoms with E-state index in [-0.39, 0.29) is 6.61 Å². The van der Waals surface area contributed by atoms with Gasteiger partial charge in [0, 0.05) is 0 Å². The molecule has 0 saturated carbocycles. The second kappa shape index (κ2) is 8.67. The summed E-state index contributed by atoms with van der Waals surface area (Å²) in [5.41, 5.74) is 0. The first-order valence-electron chi connectivity index (χ1n) is 6.14. The Balaban J connectivity index is 2.82. The maximum absolute atomic E-state index is 11.8. The Morgan fingerprint density at radius 1 is 1.12 bits per heavy atom. The van der Waals surface area contributed by atoms with E-state index < -0.39 is 48.1 Å². The lowest BCUT2D eigenvalue weighted by Crippen LogP contribution is -2.35. The lowest BCUT2D eigenvalue weighted by molar-refractivity contribution is -0.157. The van der Waals surface area contributed by atoms with Crippen LogP contribution in [0.2, 0.25) is 0 Å². The first-order chi connectivity index (χ1) is 11.3. The molecular formula is C8H15O14P3. The Labute approximate surface area is 141 Å². The molecule has 1 rings (SSSR count). The van der Waals surface area contributed by atoms with Crippen molar-refractivity contribution in [2.45, 2.75) is 31.5 Å². The molecular weight excluding hydrogens is 413 g/mol. The fourth-order valence-corrected chi connectivity index (χ4v) is 4.82. The van der Waals surface area contributed by atoms with Crippen molar-refractivity contribution in [2.75, 3.05) is 6.61 Å². The van der Waals surface area contributed by atoms with E-state index in [1.165, 1.54) is 6.92 Å². The molecule has 1 aliphatic rings. The minimum Gasteiger partial charge on any atom is -0.387 e. The van der Waals surface area contributed by atoms with Crippen molar-refractivity contribution in [1.82, 2.24) is 0 Å². The molecule has 146 valence electrons. The van der Waals surface area contributed by atoms with Gasteiger partial charge < -0.3 is 29.3 Å². The van der Waals surface area contributed by atoms with Gasteiger partial charge in [0.15, 0.2) is 6.29 Å². The van der Waals surface area contributed by atoms with Crippen LogP contribution in [0.1, 0.15) is 6.92 Å². The molecule has 1 heterocycles. The molecule has 0 spiro atoms. The number of aliphatic hydroxyl groups excluding tert-OH is 1. The molecule has 0 amide bonds. The normalized spacial score (nSPS) is 33.8. The van der Waals surface area contributed by atoms with E-state index in [1.807, 2.05) is 0 Å². The van der Waals surface area contributed by atoms with Crippen LogP contribution >= 0.6 is 23.5 Å². The first kappa shape index (κ1) is 22.9. The number of terminal acetylenes is 1. The predicted molar refractivity (Wildman–Crippen MR) is 75.4 cm³/mol. The molecule has 0 bridgehead atoms. The maximum Gasteiger partial charge on any atom is 0.508 e. The van der Waals surface area contributed by atoms with Crippen LogP contribution in [-0.2, 0) is 41.0 Å². The van der Waals surface area contributed by atoms with Gasteiger partial charge in [-0.15, -0.1) is 11.1 Å². The monoisotopic (exact) mass is 428 g/mol. The third kappa shape index (κ3) is 7.15. The molecule has 14 nitrogen and oxygen atoms in total. The minimum atomic E-state index is -5.71. The number of phosphoric ester groups is 1. The van der Waals surface area contributed by atoms with Crippen LogP contribution in [0.3, 0.4) is 0 Å². The summed E-state index contributed by atoms with van der Waals surface area (Å²) < 4.78 is 58.5. The van der Waals surface area contributed by atoms with E-state index in [0.29, 0.717) is 0 Å². The smallest absolute Gasteiger partial charge is 0.387 e. The minimum absolute atomic E-state index is 0.322. The summed E-state index contributed by atoms with van der Waals surface area (Å²) in [5.74, 6) is 2.08. The zero-order valence-corrected chi connectivity index (χ0v) is 15.0. The van der Waals surface area contributed by atoms with Crippen LogP contribution in [0.4, 0.5) is 0 Å². The first-order valence-corrected chi connectivity index (χ1v) is 10.6. The van der Waals surface area contributed by atoms with Gasteiger partial charge in [-0.3, -0.25) is 4.52 Å². The summed E-state index contributed by atoms with van der Waals surface area (Å²) in [6, 6.07) is 0. The molecule has 0 radical (unpaired) electrons. The van der Waals surface area contributed by atoms with Gasteiger partial charge in [-0.1, -0.05) is 5.92 Å². The Kier molecular flexibility index (Phi) is 7.92. The van der Waals surface area contributed by atoms with Crippen molar-refractivity contribution in [2.24, 2.45) is 0 Å². The Morgan fingerprint density at radius 2 is 1.68 bits per heavy atom. The molecule has 1 fully saturated rings. The molecule has 1 aliphatic heterocycles. The number of rotatable bonds is 9. The highest BCUT2D eigenvalue weighted by Crippen LogP contribution is 2.67. The summed E-state index contributed by atoms with van der Waals surface area (Å²) in [5, 5.41) is 17.8. The van der Waals surface area contributed by atoms with E-state index in [1.54, 1.807) is 0 Å². The van der Waals surface area contributed by atoms with Gasteiger partial charge >= 0.3 is 23.5 Å². The SMILES string of the molecule is C#CCO[C@@H]1C(O)[C@H](C)O[C@H]1OP(=O)(O)OP(=O)(O)OP(=O)(O)OO. The van der Waals surface area contributed by atoms with Crippen LogP contribution in [0, 0.1) is 12.3 Å². The van der Waals surface area contributed by atoms with Gasteiger partial charge in [0.25, 0.3) is 0 Å². The Hall–Kier alpha value is -0.190. The second-order valence-electron chi connectivity index (χ2n) is 4.44. The van der Waals surface area contributed by atoms with E-state index in [9.17, 15) is 23.7 Å². The van der Waals surface area contributed by atoms with Crippen LogP contribution in [0.15, 0.2) is 0 Å². The summed E-state index contributed by atoms with van der Waals surface area (Å²) in [6.45, 7) is 1.04. The number of ether oxygens (including phenoxy) is 2. The lowest BCUT2D eigenvalue weighted by atomic mass is 10.1. The van der Waals surface area contributed by atoms with E-state index >= 15 is 0 Å². The molecule has 0 aromatic carbocycles. The molecule has 0 aliphatic carbocycles. The molecule has 7 atom stereocenters. The lowest BCUT2D eigenvalue weighted by Gasteiger charge is -2.22. The van der Waals surface area contributed by atoms with Gasteiger partial charge in [-0.05, 0) is 6.92 Å². The topological polar surface area (TPSA) is 208 Å². The van der Waals surface area contributed by atoms with E-state index in [4.69, 9.17) is 30.9 Å². The summed E-state index contributed by atoms with van der Waals surface area (Å²) >= 11 is 0. The average molecular weight is 428 g/mol. The molecule has 1 saturated heterocycles. The van der Waals surface area contributed by atoms with E-state index in [0.717, 1.165) is 0 Å². The molecule has 0 aromatic heterocycles. The van der Waals surface area contributed by atoms with E-state index in [2.05, 4.69) is 23.7 Å². The Bertz CT molecular complexity index is 642. The fraction of sp³-hybridized carbons (Fsp3) is 0.750. The number of phosphoric acid groups is 3. The largest absolute Gasteiger partial charge is 0.508 e. The third-order valence-electron chi connectivity index (χ3n) is 2.55. The van der Waals surface area contributed by atoms with Crippen LogP contribution in [0.5, 0.6) is 0 Å². The molecule has 0 aromatic rings. The van der Waals surface area contributed by atoms with Crippen molar-refractivity contribution < 1.29 is 66.0 Å². The zero-order chi connectivity index (χ0) is 19.5. The van der Waals surface area contributed by atoms with Gasteiger partial charge in [-0.25, -0.2) is 19.0 Å². The van der Waals surface area contributed by atoms with Crippen molar-refractivity contribution in [3.05, 3.63) is 0 Å². The van der Waals surface area contributed by atoms with Crippen LogP contribution in [0.25, 0.3) is 0 Å². The van der Waals surface area contributed by atoms with Crippen molar-refractivity contribution in [1.29, 1.82) is 0 Å². The molecule has 5 N–H and O–H groups in total. The highest BCUT2D eigenvalue weighted by Gasteiger charge is 2.49. The van der Waals surface area contributed by atoms with Crippen LogP contribution < -0.4 is 0 Å². The summed E-state index contributed by atoms with van der Waals surface area (Å²) in [7, 11) is -16.6. The van der Waals surface area contributed by atoms with Gasteiger partial charge in [-0.2, -0.15) is 8.62 Å². The molecule has 17 heteroatoms. The van der Waals surface area contributed by atoms with Gasteiger partial charge in [0.2, 0.25) is 0 Å². The standard InChI is InChI=1S/C8H15O14P3/c1-3-4-17-7-6(9)5(2)18-8(7)19-23(11,12)21-25(15,16)22-24(13,14)20-10/h1,5-10H,4H2,2H3,(H,11,12)(H,13,14)(H,15,16)/t5-,6?,7+,8-/m0/s1. The highest BCUT2D eigenvalue weighted by atomic mass is 31.3. The molecule has 25 heavy (non-hydrogen) atoms. The number of hydrogen-bond donors (Lipinski definition) is 5. The quantitative estimate of drug-likeness (QED) is 0.141. The summed E-state index contributed by atoms with van der Waals surface area (Å²) in [6.07, 6.45) is -0.365. The predicted octanol–water partition coefficient (Wildman–Crippen LogP) is -0.0489. The van der Waals surface area contributed by atoms with Gasteiger partial charge in [0.05, 0.1) is 6.10 Å². The number of hydrogen-bond acceptors (Lipinski definition) is 11. The summed E-state index contributed by atoms with van der Waals surface area (Å²) in [4.78, 5) is 27.3. The van der Waals surface area contributed by atoms with Crippen molar-refractivity contribution in [3.8, 4) is 12.3 Å². The third-order valence-corrected chi connectivity index (χ3v) is 6.53. The van der Waals surface area contributed by atoms with Crippen LogP contribution in [-0.4, -0.2) is 56.3 Å². The van der Waals surface area contributed by atoms with Crippen molar-refractivity contribution >= 4 is 23.5 Å². The van der Waals surface area contributed by atoms with Gasteiger partial charge in [0.1, 0.15) is 18.8 Å². The second-order valence-corrected chi connectivity index (χ2v) is 8.93. The Morgan fingerprint density at radius 3 is 2.20 bits per heavy atom. The molecule has 4 unspecified atom stereocenters. The maximum atomic E-state index is 11.8. The fourth-order valence-electron chi connectivity index (χ4n) is 1.65. The van der Waals surface area contributed by atoms with Crippen molar-refractivity contribution in [3.63, 3.8) is 0 Å². The number of aliphatic hydroxyl groups is 1. The highest BCUT2D eigenvalue weighted by molar-refractivity contribution is 7.66.